The fraction of sp³-hybridized carbons (Fsp3) is 0.115. The van der Waals surface area contributed by atoms with Crippen LogP contribution < -0.4 is 14.8 Å². The van der Waals surface area contributed by atoms with Crippen molar-refractivity contribution in [1.29, 1.82) is 0 Å². The maximum Gasteiger partial charge on any atom is 0.335 e. The number of carboxylic acids is 1. The van der Waals surface area contributed by atoms with Gasteiger partial charge in [-0.3, -0.25) is 9.52 Å². The van der Waals surface area contributed by atoms with Crippen LogP contribution >= 0.6 is 11.6 Å². The van der Waals surface area contributed by atoms with Crippen molar-refractivity contribution in [2.45, 2.75) is 6.61 Å². The van der Waals surface area contributed by atoms with Gasteiger partial charge >= 0.3 is 5.97 Å². The number of hydrogen-bond donors (Lipinski definition) is 3. The molecule has 3 N–H and O–H groups in total. The number of carbonyl (C=O) groups is 2. The number of sulfonamides is 1. The summed E-state index contributed by atoms with van der Waals surface area (Å²) in [7, 11) is -1.95. The molecule has 0 atom stereocenters. The number of carboxylic acid groups (broad SMARTS) is 1. The van der Waals surface area contributed by atoms with Crippen LogP contribution in [0.25, 0.3) is 11.4 Å². The summed E-state index contributed by atoms with van der Waals surface area (Å²) < 4.78 is 60.6. The maximum absolute atomic E-state index is 14.1. The first-order valence-corrected chi connectivity index (χ1v) is 13.6. The van der Waals surface area contributed by atoms with Crippen LogP contribution in [0.15, 0.2) is 60.9 Å². The van der Waals surface area contributed by atoms with Gasteiger partial charge in [-0.1, -0.05) is 11.6 Å². The molecule has 0 unspecified atom stereocenters. The number of anilines is 2. The van der Waals surface area contributed by atoms with E-state index in [1.54, 1.807) is 11.6 Å². The van der Waals surface area contributed by atoms with Gasteiger partial charge in [-0.2, -0.15) is 0 Å². The van der Waals surface area contributed by atoms with Crippen LogP contribution in [0.3, 0.4) is 0 Å². The van der Waals surface area contributed by atoms with Gasteiger partial charge in [0.25, 0.3) is 5.91 Å². The molecule has 0 fully saturated rings. The van der Waals surface area contributed by atoms with E-state index >= 15 is 0 Å². The van der Waals surface area contributed by atoms with Crippen LogP contribution in [-0.4, -0.2) is 41.2 Å². The molecule has 4 rings (SSSR count). The summed E-state index contributed by atoms with van der Waals surface area (Å²) >= 11 is 6.06. The molecule has 208 valence electrons. The van der Waals surface area contributed by atoms with Crippen LogP contribution in [0, 0.1) is 11.6 Å². The lowest BCUT2D eigenvalue weighted by Gasteiger charge is -2.12. The molecule has 0 saturated carbocycles. The topological polar surface area (TPSA) is 140 Å². The third-order valence-corrected chi connectivity index (χ3v) is 6.21. The van der Waals surface area contributed by atoms with E-state index in [1.165, 1.54) is 36.5 Å². The molecule has 0 saturated heterocycles. The number of hydrogen-bond acceptors (Lipinski definition) is 6. The van der Waals surface area contributed by atoms with Crippen molar-refractivity contribution in [3.05, 3.63) is 94.3 Å². The Morgan fingerprint density at radius 1 is 1.02 bits per heavy atom. The van der Waals surface area contributed by atoms with E-state index < -0.39 is 33.5 Å². The third-order valence-electron chi connectivity index (χ3n) is 5.39. The standard InChI is InChI=1S/C26H21ClF2N4O6S/c1-33-12-16(25(34)31-20-7-17(27)8-21(10-20)32-40(2,37)38)6-22(33)24-23(9-19(29)11-30-24)39-13-14-3-15(26(35)36)5-18(28)4-14/h3-12,32H,13H2,1-2H3,(H,31,34)(H,35,36). The van der Waals surface area contributed by atoms with E-state index in [2.05, 4.69) is 15.0 Å². The first-order valence-electron chi connectivity index (χ1n) is 11.3. The SMILES string of the molecule is Cn1cc(C(=O)Nc2cc(Cl)cc(NS(C)(=O)=O)c2)cc1-c1ncc(F)cc1OCc1cc(F)cc(C(=O)O)c1. The first kappa shape index (κ1) is 28.5. The van der Waals surface area contributed by atoms with Crippen molar-refractivity contribution in [2.75, 3.05) is 16.3 Å². The predicted molar refractivity (Wildman–Crippen MR) is 144 cm³/mol. The zero-order valence-corrected chi connectivity index (χ0v) is 22.5. The Morgan fingerprint density at radius 2 is 1.75 bits per heavy atom. The lowest BCUT2D eigenvalue weighted by molar-refractivity contribution is 0.0695. The van der Waals surface area contributed by atoms with Crippen LogP contribution in [0.5, 0.6) is 5.75 Å². The number of benzene rings is 2. The zero-order valence-electron chi connectivity index (χ0n) is 20.9. The summed E-state index contributed by atoms with van der Waals surface area (Å²) in [6.07, 6.45) is 3.43. The fourth-order valence-electron chi connectivity index (χ4n) is 3.80. The Balaban J connectivity index is 1.59. The normalized spacial score (nSPS) is 11.2. The molecule has 2 aromatic carbocycles. The van der Waals surface area contributed by atoms with Gasteiger partial charge < -0.3 is 19.7 Å². The van der Waals surface area contributed by atoms with Crippen molar-refractivity contribution >= 4 is 44.9 Å². The predicted octanol–water partition coefficient (Wildman–Crippen LogP) is 4.92. The Labute approximate surface area is 232 Å². The van der Waals surface area contributed by atoms with Crippen molar-refractivity contribution in [2.24, 2.45) is 7.05 Å². The van der Waals surface area contributed by atoms with Gasteiger partial charge in [0.1, 0.15) is 23.9 Å². The van der Waals surface area contributed by atoms with E-state index in [4.69, 9.17) is 21.4 Å². The lowest BCUT2D eigenvalue weighted by atomic mass is 10.1. The minimum atomic E-state index is -3.58. The fourth-order valence-corrected chi connectivity index (χ4v) is 4.58. The van der Waals surface area contributed by atoms with Gasteiger partial charge in [-0.25, -0.2) is 27.0 Å². The van der Waals surface area contributed by atoms with Crippen LogP contribution in [0.1, 0.15) is 26.3 Å². The molecular formula is C26H21ClF2N4O6S. The molecule has 0 bridgehead atoms. The highest BCUT2D eigenvalue weighted by Crippen LogP contribution is 2.31. The molecule has 0 spiro atoms. The van der Waals surface area contributed by atoms with Crippen molar-refractivity contribution in [3.8, 4) is 17.1 Å². The molecule has 14 heteroatoms. The second kappa shape index (κ2) is 11.3. The van der Waals surface area contributed by atoms with Crippen molar-refractivity contribution in [1.82, 2.24) is 9.55 Å². The summed E-state index contributed by atoms with van der Waals surface area (Å²) in [5.41, 5.74) is 1.04. The molecule has 4 aromatic rings. The Bertz CT molecular complexity index is 1740. The van der Waals surface area contributed by atoms with Gasteiger partial charge in [-0.15, -0.1) is 0 Å². The van der Waals surface area contributed by atoms with Crippen molar-refractivity contribution < 1.29 is 36.6 Å². The summed E-state index contributed by atoms with van der Waals surface area (Å²) in [5.74, 6) is -3.38. The number of aromatic carboxylic acids is 1. The van der Waals surface area contributed by atoms with Gasteiger partial charge in [0, 0.05) is 30.0 Å². The van der Waals surface area contributed by atoms with Gasteiger partial charge in [0.2, 0.25) is 10.0 Å². The Morgan fingerprint density at radius 3 is 2.45 bits per heavy atom. The number of nitrogens with one attached hydrogen (secondary N) is 2. The average molecular weight is 591 g/mol. The molecular weight excluding hydrogens is 570 g/mol. The van der Waals surface area contributed by atoms with Crippen LogP contribution in [0.2, 0.25) is 5.02 Å². The quantitative estimate of drug-likeness (QED) is 0.251. The molecule has 0 aliphatic rings. The smallest absolute Gasteiger partial charge is 0.335 e. The number of halogens is 3. The summed E-state index contributed by atoms with van der Waals surface area (Å²) in [5, 5.41) is 12.0. The second-order valence-corrected chi connectivity index (χ2v) is 10.9. The first-order chi connectivity index (χ1) is 18.8. The van der Waals surface area contributed by atoms with Crippen LogP contribution in [0.4, 0.5) is 20.2 Å². The maximum atomic E-state index is 14.1. The molecule has 0 aliphatic carbocycles. The number of aryl methyl sites for hydroxylation is 1. The molecule has 40 heavy (non-hydrogen) atoms. The van der Waals surface area contributed by atoms with E-state index in [0.29, 0.717) is 5.69 Å². The minimum absolute atomic E-state index is 0.0272. The number of pyridine rings is 1. The minimum Gasteiger partial charge on any atom is -0.486 e. The monoisotopic (exact) mass is 590 g/mol. The molecule has 1 amide bonds. The zero-order chi connectivity index (χ0) is 29.2. The Hall–Kier alpha value is -4.49. The van der Waals surface area contributed by atoms with Crippen molar-refractivity contribution in [3.63, 3.8) is 0 Å². The highest BCUT2D eigenvalue weighted by Gasteiger charge is 2.18. The number of ether oxygens (including phenoxy) is 1. The van der Waals surface area contributed by atoms with Crippen LogP contribution in [-0.2, 0) is 23.7 Å². The van der Waals surface area contributed by atoms with Gasteiger partial charge in [0.05, 0.1) is 35.0 Å². The molecule has 2 aromatic heterocycles. The van der Waals surface area contributed by atoms with E-state index in [-0.39, 0.29) is 51.1 Å². The number of aromatic nitrogens is 2. The molecule has 2 heterocycles. The number of nitrogens with zero attached hydrogens (tertiary/aromatic N) is 2. The van der Waals surface area contributed by atoms with E-state index in [9.17, 15) is 26.8 Å². The number of amides is 1. The van der Waals surface area contributed by atoms with E-state index in [1.807, 2.05) is 0 Å². The average Bonchev–Trinajstić information content (AvgIpc) is 3.22. The summed E-state index contributed by atoms with van der Waals surface area (Å²) in [6.45, 7) is -0.285. The largest absolute Gasteiger partial charge is 0.486 e. The highest BCUT2D eigenvalue weighted by atomic mass is 35.5. The number of rotatable bonds is 9. The second-order valence-electron chi connectivity index (χ2n) is 8.72. The van der Waals surface area contributed by atoms with Gasteiger partial charge in [-0.05, 0) is 48.0 Å². The number of carbonyl (C=O) groups excluding carboxylic acids is 1. The molecule has 10 nitrogen and oxygen atoms in total. The third kappa shape index (κ3) is 7.12. The highest BCUT2D eigenvalue weighted by molar-refractivity contribution is 7.92. The lowest BCUT2D eigenvalue weighted by Crippen LogP contribution is -2.13. The summed E-state index contributed by atoms with van der Waals surface area (Å²) in [4.78, 5) is 28.3. The van der Waals surface area contributed by atoms with Gasteiger partial charge in [0.15, 0.2) is 5.75 Å². The Kier molecular flexibility index (Phi) is 8.07. The summed E-state index contributed by atoms with van der Waals surface area (Å²) in [6, 6.07) is 9.95. The molecule has 0 radical (unpaired) electrons. The van der Waals surface area contributed by atoms with E-state index in [0.717, 1.165) is 30.7 Å². The molecule has 0 aliphatic heterocycles.